The highest BCUT2D eigenvalue weighted by molar-refractivity contribution is 6.04. The second kappa shape index (κ2) is 9.74. The van der Waals surface area contributed by atoms with Gasteiger partial charge in [-0.2, -0.15) is 0 Å². The predicted octanol–water partition coefficient (Wildman–Crippen LogP) is 3.40. The maximum Gasteiger partial charge on any atom is 0.257 e. The quantitative estimate of drug-likeness (QED) is 0.618. The number of likely N-dealkylation sites (N-methyl/N-ethyl adjacent to an activating group) is 1. The number of aryl methyl sites for hydroxylation is 1. The van der Waals surface area contributed by atoms with Gasteiger partial charge in [0.05, 0.1) is 18.2 Å². The first-order chi connectivity index (χ1) is 15.5. The zero-order valence-corrected chi connectivity index (χ0v) is 18.3. The molecule has 1 atom stereocenters. The molecule has 0 radical (unpaired) electrons. The Morgan fingerprint density at radius 1 is 1.19 bits per heavy atom. The van der Waals surface area contributed by atoms with Crippen molar-refractivity contribution in [1.29, 1.82) is 0 Å². The fraction of sp³-hybridized carbons (Fsp3) is 0.333. The molecule has 1 aliphatic heterocycles. The zero-order valence-electron chi connectivity index (χ0n) is 18.3. The highest BCUT2D eigenvalue weighted by atomic mass is 16.4. The molecule has 3 heterocycles. The molecule has 2 N–H and O–H groups in total. The monoisotopic (exact) mass is 433 g/mol. The van der Waals surface area contributed by atoms with Gasteiger partial charge in [-0.1, -0.05) is 6.42 Å². The first-order valence-corrected chi connectivity index (χ1v) is 10.8. The number of anilines is 1. The molecular formula is C24H27N5O3. The van der Waals surface area contributed by atoms with E-state index < -0.39 is 0 Å². The van der Waals surface area contributed by atoms with Crippen molar-refractivity contribution in [1.82, 2.24) is 20.2 Å². The average molecular weight is 434 g/mol. The van der Waals surface area contributed by atoms with Crippen LogP contribution in [0.15, 0.2) is 53.2 Å². The van der Waals surface area contributed by atoms with Gasteiger partial charge in [0.25, 0.3) is 5.91 Å². The van der Waals surface area contributed by atoms with Crippen LogP contribution in [-0.4, -0.2) is 46.3 Å². The van der Waals surface area contributed by atoms with E-state index in [0.717, 1.165) is 31.4 Å². The number of pyridine rings is 1. The van der Waals surface area contributed by atoms with Gasteiger partial charge < -0.3 is 15.1 Å². The van der Waals surface area contributed by atoms with Crippen LogP contribution in [0.4, 0.5) is 5.69 Å². The maximum atomic E-state index is 12.5. The average Bonchev–Trinajstić information content (AvgIpc) is 3.19. The molecule has 8 nitrogen and oxygen atoms in total. The highest BCUT2D eigenvalue weighted by Gasteiger charge is 2.26. The molecule has 3 aromatic rings. The SMILES string of the molecule is Cc1oc(-c2ccc(NC(=O)c3cccnc3)cc2)nc1CNC(=O)[C@H]1CCCCN1C. The summed E-state index contributed by atoms with van der Waals surface area (Å²) in [7, 11) is 1.99. The van der Waals surface area contributed by atoms with E-state index in [0.29, 0.717) is 35.1 Å². The van der Waals surface area contributed by atoms with Gasteiger partial charge in [-0.05, 0) is 69.8 Å². The Kier molecular flexibility index (Phi) is 6.61. The fourth-order valence-corrected chi connectivity index (χ4v) is 3.81. The van der Waals surface area contributed by atoms with Crippen molar-refractivity contribution in [2.45, 2.75) is 38.8 Å². The molecule has 0 saturated carbocycles. The molecule has 166 valence electrons. The van der Waals surface area contributed by atoms with Crippen LogP contribution in [-0.2, 0) is 11.3 Å². The third-order valence-electron chi connectivity index (χ3n) is 5.71. The molecule has 1 aromatic carbocycles. The van der Waals surface area contributed by atoms with Crippen LogP contribution < -0.4 is 10.6 Å². The Morgan fingerprint density at radius 2 is 2.00 bits per heavy atom. The number of benzene rings is 1. The van der Waals surface area contributed by atoms with Crippen molar-refractivity contribution in [3.05, 3.63) is 65.8 Å². The number of carbonyl (C=O) groups is 2. The van der Waals surface area contributed by atoms with Crippen molar-refractivity contribution in [2.24, 2.45) is 0 Å². The number of aromatic nitrogens is 2. The second-order valence-electron chi connectivity index (χ2n) is 8.01. The van der Waals surface area contributed by atoms with Gasteiger partial charge in [-0.3, -0.25) is 19.5 Å². The molecule has 1 saturated heterocycles. The van der Waals surface area contributed by atoms with Crippen LogP contribution >= 0.6 is 0 Å². The smallest absolute Gasteiger partial charge is 0.257 e. The van der Waals surface area contributed by atoms with E-state index in [1.165, 1.54) is 6.20 Å². The molecule has 32 heavy (non-hydrogen) atoms. The van der Waals surface area contributed by atoms with E-state index in [9.17, 15) is 9.59 Å². The Morgan fingerprint density at radius 3 is 2.72 bits per heavy atom. The lowest BCUT2D eigenvalue weighted by Crippen LogP contribution is -2.47. The zero-order chi connectivity index (χ0) is 22.5. The number of amides is 2. The van der Waals surface area contributed by atoms with Crippen LogP contribution in [0.3, 0.4) is 0 Å². The first kappa shape index (κ1) is 21.7. The van der Waals surface area contributed by atoms with Gasteiger partial charge >= 0.3 is 0 Å². The topological polar surface area (TPSA) is 100 Å². The first-order valence-electron chi connectivity index (χ1n) is 10.8. The number of nitrogens with zero attached hydrogens (tertiary/aromatic N) is 3. The Balaban J connectivity index is 1.38. The number of hydrogen-bond acceptors (Lipinski definition) is 6. The number of nitrogens with one attached hydrogen (secondary N) is 2. The summed E-state index contributed by atoms with van der Waals surface area (Å²) in [5, 5.41) is 5.83. The Bertz CT molecular complexity index is 1080. The molecule has 0 aliphatic carbocycles. The predicted molar refractivity (Wildman–Crippen MR) is 121 cm³/mol. The minimum absolute atomic E-state index is 0.0323. The summed E-state index contributed by atoms with van der Waals surface area (Å²) in [6, 6.07) is 10.6. The second-order valence-corrected chi connectivity index (χ2v) is 8.01. The lowest BCUT2D eigenvalue weighted by Gasteiger charge is -2.31. The summed E-state index contributed by atoms with van der Waals surface area (Å²) >= 11 is 0. The van der Waals surface area contributed by atoms with Crippen molar-refractivity contribution in [3.63, 3.8) is 0 Å². The van der Waals surface area contributed by atoms with Crippen LogP contribution in [0.2, 0.25) is 0 Å². The molecule has 0 unspecified atom stereocenters. The largest absolute Gasteiger partial charge is 0.441 e. The maximum absolute atomic E-state index is 12.5. The van der Waals surface area contributed by atoms with Crippen molar-refractivity contribution in [2.75, 3.05) is 18.9 Å². The summed E-state index contributed by atoms with van der Waals surface area (Å²) in [5.41, 5.74) is 2.65. The lowest BCUT2D eigenvalue weighted by molar-refractivity contribution is -0.127. The van der Waals surface area contributed by atoms with Gasteiger partial charge in [-0.25, -0.2) is 4.98 Å². The molecule has 4 rings (SSSR count). The minimum Gasteiger partial charge on any atom is -0.441 e. The third kappa shape index (κ3) is 5.03. The number of hydrogen-bond donors (Lipinski definition) is 2. The van der Waals surface area contributed by atoms with Crippen molar-refractivity contribution < 1.29 is 14.0 Å². The third-order valence-corrected chi connectivity index (χ3v) is 5.71. The number of oxazole rings is 1. The van der Waals surface area contributed by atoms with Crippen LogP contribution in [0.5, 0.6) is 0 Å². The van der Waals surface area contributed by atoms with Crippen LogP contribution in [0, 0.1) is 6.92 Å². The van der Waals surface area contributed by atoms with Crippen molar-refractivity contribution >= 4 is 17.5 Å². The number of piperidine rings is 1. The molecule has 2 amide bonds. The van der Waals surface area contributed by atoms with Gasteiger partial charge in [0.2, 0.25) is 11.8 Å². The normalized spacial score (nSPS) is 16.5. The van der Waals surface area contributed by atoms with Crippen LogP contribution in [0.25, 0.3) is 11.5 Å². The fourth-order valence-electron chi connectivity index (χ4n) is 3.81. The van der Waals surface area contributed by atoms with Gasteiger partial charge in [0.15, 0.2) is 0 Å². The molecule has 8 heteroatoms. The van der Waals surface area contributed by atoms with E-state index in [1.54, 1.807) is 30.5 Å². The summed E-state index contributed by atoms with van der Waals surface area (Å²) in [5.74, 6) is 0.960. The summed E-state index contributed by atoms with van der Waals surface area (Å²) in [6.45, 7) is 3.12. The summed E-state index contributed by atoms with van der Waals surface area (Å²) in [6.07, 6.45) is 6.24. The Hall–Kier alpha value is -3.52. The summed E-state index contributed by atoms with van der Waals surface area (Å²) < 4.78 is 5.82. The van der Waals surface area contributed by atoms with E-state index in [-0.39, 0.29) is 17.9 Å². The summed E-state index contributed by atoms with van der Waals surface area (Å²) in [4.78, 5) is 35.4. The molecule has 1 aliphatic rings. The molecule has 2 aromatic heterocycles. The minimum atomic E-state index is -0.223. The van der Waals surface area contributed by atoms with E-state index in [2.05, 4.69) is 25.5 Å². The van der Waals surface area contributed by atoms with Gasteiger partial charge in [0.1, 0.15) is 11.5 Å². The molecule has 1 fully saturated rings. The van der Waals surface area contributed by atoms with E-state index >= 15 is 0 Å². The molecule has 0 spiro atoms. The van der Waals surface area contributed by atoms with E-state index in [4.69, 9.17) is 4.42 Å². The van der Waals surface area contributed by atoms with E-state index in [1.807, 2.05) is 26.1 Å². The number of likely N-dealkylation sites (tertiary alicyclic amines) is 1. The molecule has 0 bridgehead atoms. The van der Waals surface area contributed by atoms with Crippen molar-refractivity contribution in [3.8, 4) is 11.5 Å². The number of carbonyl (C=O) groups excluding carboxylic acids is 2. The highest BCUT2D eigenvalue weighted by Crippen LogP contribution is 2.24. The standard InChI is InChI=1S/C24H27N5O3/c1-16-20(15-26-23(31)21-7-3-4-13-29(21)2)28-24(32-16)17-8-10-19(11-9-17)27-22(30)18-6-5-12-25-14-18/h5-6,8-12,14,21H,3-4,7,13,15H2,1-2H3,(H,26,31)(H,27,30)/t21-/m1/s1. The Labute approximate surface area is 187 Å². The lowest BCUT2D eigenvalue weighted by atomic mass is 10.0. The van der Waals surface area contributed by atoms with Gasteiger partial charge in [0, 0.05) is 23.6 Å². The van der Waals surface area contributed by atoms with Crippen LogP contribution in [0.1, 0.15) is 41.1 Å². The van der Waals surface area contributed by atoms with Gasteiger partial charge in [-0.15, -0.1) is 0 Å². The number of rotatable bonds is 6. The molecular weight excluding hydrogens is 406 g/mol.